The molecule has 7 heteroatoms. The van der Waals surface area contributed by atoms with Crippen molar-refractivity contribution in [3.63, 3.8) is 0 Å². The first kappa shape index (κ1) is 18.6. The molecule has 1 aliphatic rings. The van der Waals surface area contributed by atoms with E-state index in [4.69, 9.17) is 0 Å². The standard InChI is InChI=1S/C19H24N4O2S/c1-14(24)20-11-10-15-6-8-16(9-7-15)17(25)13-26-19-22-21-18-5-3-2-4-12-23(18)19/h6-9H,2-5,10-13H2,1H3,(H,20,24). The molecule has 1 N–H and O–H groups in total. The lowest BCUT2D eigenvalue weighted by Crippen LogP contribution is -2.22. The quantitative estimate of drug-likeness (QED) is 0.597. The van der Waals surface area contributed by atoms with Crippen LogP contribution in [0.2, 0.25) is 0 Å². The molecule has 26 heavy (non-hydrogen) atoms. The van der Waals surface area contributed by atoms with Gasteiger partial charge in [0.25, 0.3) is 0 Å². The van der Waals surface area contributed by atoms with Gasteiger partial charge in [0, 0.05) is 32.0 Å². The van der Waals surface area contributed by atoms with Gasteiger partial charge in [-0.25, -0.2) is 0 Å². The van der Waals surface area contributed by atoms with Gasteiger partial charge < -0.3 is 9.88 Å². The number of aryl methyl sites for hydroxylation is 1. The average molecular weight is 372 g/mol. The molecule has 6 nitrogen and oxygen atoms in total. The van der Waals surface area contributed by atoms with Crippen molar-refractivity contribution in [3.05, 3.63) is 41.2 Å². The number of Topliss-reactive ketones (excluding diaryl/α,β-unsaturated/α-hetero) is 1. The number of amides is 1. The number of nitrogens with one attached hydrogen (secondary N) is 1. The molecule has 2 aromatic rings. The molecule has 0 saturated carbocycles. The largest absolute Gasteiger partial charge is 0.356 e. The molecule has 0 bridgehead atoms. The molecule has 0 spiro atoms. The summed E-state index contributed by atoms with van der Waals surface area (Å²) in [5.41, 5.74) is 1.81. The number of hydrogen-bond acceptors (Lipinski definition) is 5. The van der Waals surface area contributed by atoms with Crippen molar-refractivity contribution in [2.75, 3.05) is 12.3 Å². The fourth-order valence-electron chi connectivity index (χ4n) is 3.02. The summed E-state index contributed by atoms with van der Waals surface area (Å²) in [4.78, 5) is 23.3. The number of rotatable bonds is 7. The molecule has 1 aromatic heterocycles. The second-order valence-electron chi connectivity index (χ2n) is 6.50. The maximum absolute atomic E-state index is 12.5. The van der Waals surface area contributed by atoms with Crippen LogP contribution in [0.5, 0.6) is 0 Å². The molecule has 0 aliphatic carbocycles. The van der Waals surface area contributed by atoms with Gasteiger partial charge in [-0.3, -0.25) is 9.59 Å². The molecule has 2 heterocycles. The Balaban J connectivity index is 1.54. The fraction of sp³-hybridized carbons (Fsp3) is 0.474. The summed E-state index contributed by atoms with van der Waals surface area (Å²) in [7, 11) is 0. The Kier molecular flexibility index (Phi) is 6.44. The second kappa shape index (κ2) is 8.98. The summed E-state index contributed by atoms with van der Waals surface area (Å²) in [6.45, 7) is 3.06. The van der Waals surface area contributed by atoms with E-state index in [0.717, 1.165) is 48.8 Å². The van der Waals surface area contributed by atoms with Gasteiger partial charge in [0.15, 0.2) is 10.9 Å². The number of carbonyl (C=O) groups is 2. The normalized spacial score (nSPS) is 13.7. The summed E-state index contributed by atoms with van der Waals surface area (Å²) in [5.74, 6) is 1.47. The van der Waals surface area contributed by atoms with Gasteiger partial charge in [0.2, 0.25) is 5.91 Å². The lowest BCUT2D eigenvalue weighted by atomic mass is 10.1. The molecule has 0 radical (unpaired) electrons. The molecule has 0 fully saturated rings. The topological polar surface area (TPSA) is 76.9 Å². The molecule has 0 saturated heterocycles. The van der Waals surface area contributed by atoms with Crippen molar-refractivity contribution in [2.45, 2.75) is 50.7 Å². The van der Waals surface area contributed by atoms with E-state index in [-0.39, 0.29) is 11.7 Å². The Morgan fingerprint density at radius 3 is 2.73 bits per heavy atom. The zero-order chi connectivity index (χ0) is 18.4. The van der Waals surface area contributed by atoms with Gasteiger partial charge >= 0.3 is 0 Å². The van der Waals surface area contributed by atoms with Crippen LogP contribution in [0.1, 0.15) is 47.9 Å². The van der Waals surface area contributed by atoms with Crippen LogP contribution in [0.3, 0.4) is 0 Å². The van der Waals surface area contributed by atoms with E-state index < -0.39 is 0 Å². The molecule has 3 rings (SSSR count). The van der Waals surface area contributed by atoms with Gasteiger partial charge in [0.1, 0.15) is 5.82 Å². The molecule has 138 valence electrons. The number of ketones is 1. The van der Waals surface area contributed by atoms with Crippen LogP contribution in [0, 0.1) is 0 Å². The average Bonchev–Trinajstić information content (AvgIpc) is 2.86. The third-order valence-electron chi connectivity index (χ3n) is 4.47. The van der Waals surface area contributed by atoms with Gasteiger partial charge in [-0.05, 0) is 24.8 Å². The number of thioether (sulfide) groups is 1. The number of aromatic nitrogens is 3. The lowest BCUT2D eigenvalue weighted by molar-refractivity contribution is -0.118. The number of nitrogens with zero attached hydrogens (tertiary/aromatic N) is 3. The SMILES string of the molecule is CC(=O)NCCc1ccc(C(=O)CSc2nnc3n2CCCCC3)cc1. The Morgan fingerprint density at radius 1 is 1.15 bits per heavy atom. The molecule has 1 amide bonds. The van der Waals surface area contributed by atoms with E-state index in [1.165, 1.54) is 25.1 Å². The van der Waals surface area contributed by atoms with Crippen LogP contribution in [-0.4, -0.2) is 38.8 Å². The summed E-state index contributed by atoms with van der Waals surface area (Å²) < 4.78 is 2.16. The smallest absolute Gasteiger partial charge is 0.216 e. The first-order valence-corrected chi connectivity index (χ1v) is 10.0. The van der Waals surface area contributed by atoms with Crippen molar-refractivity contribution in [3.8, 4) is 0 Å². The van der Waals surface area contributed by atoms with E-state index in [2.05, 4.69) is 20.1 Å². The molecule has 1 aliphatic heterocycles. The molecular weight excluding hydrogens is 348 g/mol. The fourth-order valence-corrected chi connectivity index (χ4v) is 3.90. The van der Waals surface area contributed by atoms with E-state index in [1.54, 1.807) is 0 Å². The number of carbonyl (C=O) groups excluding carboxylic acids is 2. The van der Waals surface area contributed by atoms with Gasteiger partial charge in [-0.2, -0.15) is 0 Å². The van der Waals surface area contributed by atoms with Gasteiger partial charge in [-0.15, -0.1) is 10.2 Å². The Morgan fingerprint density at radius 2 is 1.96 bits per heavy atom. The zero-order valence-corrected chi connectivity index (χ0v) is 15.8. The van der Waals surface area contributed by atoms with Crippen LogP contribution in [0.25, 0.3) is 0 Å². The summed E-state index contributed by atoms with van der Waals surface area (Å²) in [6.07, 6.45) is 5.26. The van der Waals surface area contributed by atoms with Crippen molar-refractivity contribution in [1.82, 2.24) is 20.1 Å². The van der Waals surface area contributed by atoms with E-state index in [1.807, 2.05) is 24.3 Å². The van der Waals surface area contributed by atoms with Crippen LogP contribution < -0.4 is 5.32 Å². The van der Waals surface area contributed by atoms with Gasteiger partial charge in [0.05, 0.1) is 5.75 Å². The highest BCUT2D eigenvalue weighted by Crippen LogP contribution is 2.22. The minimum Gasteiger partial charge on any atom is -0.356 e. The van der Waals surface area contributed by atoms with Crippen molar-refractivity contribution in [1.29, 1.82) is 0 Å². The van der Waals surface area contributed by atoms with Crippen LogP contribution in [0.4, 0.5) is 0 Å². The predicted molar refractivity (Wildman–Crippen MR) is 101 cm³/mol. The maximum atomic E-state index is 12.5. The first-order chi connectivity index (χ1) is 12.6. The third kappa shape index (κ3) is 4.94. The Bertz CT molecular complexity index is 770. The number of fused-ring (bicyclic) bond motifs is 1. The van der Waals surface area contributed by atoms with Crippen LogP contribution in [0.15, 0.2) is 29.4 Å². The van der Waals surface area contributed by atoms with E-state index >= 15 is 0 Å². The lowest BCUT2D eigenvalue weighted by Gasteiger charge is -2.07. The highest BCUT2D eigenvalue weighted by atomic mass is 32.2. The molecule has 1 aromatic carbocycles. The van der Waals surface area contributed by atoms with Crippen LogP contribution >= 0.6 is 11.8 Å². The third-order valence-corrected chi connectivity index (χ3v) is 5.44. The van der Waals surface area contributed by atoms with Crippen LogP contribution in [-0.2, 0) is 24.2 Å². The summed E-state index contributed by atoms with van der Waals surface area (Å²) in [5, 5.41) is 12.1. The van der Waals surface area contributed by atoms with Crippen molar-refractivity contribution >= 4 is 23.5 Å². The summed E-state index contributed by atoms with van der Waals surface area (Å²) >= 11 is 1.47. The molecule has 0 atom stereocenters. The minimum atomic E-state index is -0.0276. The second-order valence-corrected chi connectivity index (χ2v) is 7.45. The molecule has 0 unspecified atom stereocenters. The Labute approximate surface area is 157 Å². The number of hydrogen-bond donors (Lipinski definition) is 1. The van der Waals surface area contributed by atoms with Crippen molar-refractivity contribution in [2.24, 2.45) is 0 Å². The summed E-state index contributed by atoms with van der Waals surface area (Å²) in [6, 6.07) is 7.61. The minimum absolute atomic E-state index is 0.0276. The zero-order valence-electron chi connectivity index (χ0n) is 15.0. The monoisotopic (exact) mass is 372 g/mol. The molecular formula is C19H24N4O2S. The predicted octanol–water partition coefficient (Wildman–Crippen LogP) is 2.66. The number of benzene rings is 1. The van der Waals surface area contributed by atoms with E-state index in [0.29, 0.717) is 17.9 Å². The highest BCUT2D eigenvalue weighted by Gasteiger charge is 2.16. The Hall–Kier alpha value is -2.15. The maximum Gasteiger partial charge on any atom is 0.216 e. The first-order valence-electron chi connectivity index (χ1n) is 9.05. The highest BCUT2D eigenvalue weighted by molar-refractivity contribution is 7.99. The van der Waals surface area contributed by atoms with Crippen molar-refractivity contribution < 1.29 is 9.59 Å². The van der Waals surface area contributed by atoms with Gasteiger partial charge in [-0.1, -0.05) is 42.4 Å². The van der Waals surface area contributed by atoms with E-state index in [9.17, 15) is 9.59 Å².